The van der Waals surface area contributed by atoms with Gasteiger partial charge in [0.25, 0.3) is 0 Å². The minimum Gasteiger partial charge on any atom is -0.496 e. The Morgan fingerprint density at radius 3 is 2.50 bits per heavy atom. The number of ether oxygens (including phenoxy) is 1. The molecule has 1 amide bonds. The minimum atomic E-state index is -0.0209. The molecular weight excluding hydrogens is 422 g/mol. The highest BCUT2D eigenvalue weighted by molar-refractivity contribution is 7.13. The van der Waals surface area contributed by atoms with Gasteiger partial charge in [-0.15, -0.1) is 11.3 Å². The minimum absolute atomic E-state index is 0.0209. The summed E-state index contributed by atoms with van der Waals surface area (Å²) in [4.78, 5) is 33.6. The molecule has 0 atom stereocenters. The number of methoxy groups -OCH3 is 1. The predicted molar refractivity (Wildman–Crippen MR) is 126 cm³/mol. The first kappa shape index (κ1) is 22.2. The quantitative estimate of drug-likeness (QED) is 0.512. The van der Waals surface area contributed by atoms with Crippen molar-refractivity contribution in [2.75, 3.05) is 33.3 Å². The number of piperazine rings is 1. The molecule has 2 aromatic carbocycles. The molecule has 0 N–H and O–H groups in total. The topological polar surface area (TPSA) is 62.7 Å². The molecule has 2 heterocycles. The molecule has 6 nitrogen and oxygen atoms in total. The molecule has 0 saturated carbocycles. The molecule has 32 heavy (non-hydrogen) atoms. The number of ketones is 1. The zero-order valence-electron chi connectivity index (χ0n) is 18.4. The Bertz CT molecular complexity index is 1090. The Balaban J connectivity index is 1.32. The van der Waals surface area contributed by atoms with E-state index in [2.05, 4.69) is 22.4 Å². The van der Waals surface area contributed by atoms with Crippen LogP contribution in [-0.4, -0.2) is 59.8 Å². The lowest BCUT2D eigenvalue weighted by atomic mass is 10.0. The van der Waals surface area contributed by atoms with Crippen LogP contribution in [0.15, 0.2) is 53.9 Å². The lowest BCUT2D eigenvalue weighted by molar-refractivity contribution is -0.132. The molecule has 1 aromatic heterocycles. The third-order valence-electron chi connectivity index (χ3n) is 5.71. The van der Waals surface area contributed by atoms with E-state index in [0.29, 0.717) is 24.4 Å². The third kappa shape index (κ3) is 5.23. The Labute approximate surface area is 192 Å². The summed E-state index contributed by atoms with van der Waals surface area (Å²) in [5, 5.41) is 3.16. The lowest BCUT2D eigenvalue weighted by Crippen LogP contribution is -2.48. The Morgan fingerprint density at radius 1 is 1.06 bits per heavy atom. The van der Waals surface area contributed by atoms with Crippen LogP contribution in [0.4, 0.5) is 0 Å². The van der Waals surface area contributed by atoms with Gasteiger partial charge in [-0.2, -0.15) is 0 Å². The molecule has 1 aliphatic rings. The van der Waals surface area contributed by atoms with E-state index < -0.39 is 0 Å². The maximum Gasteiger partial charge on any atom is 0.227 e. The van der Waals surface area contributed by atoms with Crippen LogP contribution < -0.4 is 4.74 Å². The zero-order chi connectivity index (χ0) is 22.5. The zero-order valence-corrected chi connectivity index (χ0v) is 19.2. The second-order valence-corrected chi connectivity index (χ2v) is 8.78. The van der Waals surface area contributed by atoms with Gasteiger partial charge in [0.15, 0.2) is 5.78 Å². The highest BCUT2D eigenvalue weighted by Gasteiger charge is 2.23. The van der Waals surface area contributed by atoms with Crippen LogP contribution in [0.1, 0.15) is 28.5 Å². The van der Waals surface area contributed by atoms with Crippen molar-refractivity contribution in [1.82, 2.24) is 14.8 Å². The number of amides is 1. The van der Waals surface area contributed by atoms with Crippen molar-refractivity contribution in [3.8, 4) is 16.3 Å². The van der Waals surface area contributed by atoms with E-state index >= 15 is 0 Å². The van der Waals surface area contributed by atoms with Gasteiger partial charge < -0.3 is 9.64 Å². The number of hydrogen-bond donors (Lipinski definition) is 0. The number of carbonyl (C=O) groups is 2. The summed E-state index contributed by atoms with van der Waals surface area (Å²) >= 11 is 1.67. The van der Waals surface area contributed by atoms with Crippen LogP contribution in [0.2, 0.25) is 0 Å². The van der Waals surface area contributed by atoms with Gasteiger partial charge in [-0.05, 0) is 25.1 Å². The van der Waals surface area contributed by atoms with Crippen LogP contribution in [0.3, 0.4) is 0 Å². The van der Waals surface area contributed by atoms with Gasteiger partial charge in [0.2, 0.25) is 5.91 Å². The summed E-state index contributed by atoms with van der Waals surface area (Å²) in [5.74, 6) is 0.677. The smallest absolute Gasteiger partial charge is 0.227 e. The largest absolute Gasteiger partial charge is 0.496 e. The number of nitrogens with zero attached hydrogens (tertiary/aromatic N) is 3. The first-order chi connectivity index (χ1) is 15.5. The summed E-state index contributed by atoms with van der Waals surface area (Å²) in [6.07, 6.45) is 0.233. The monoisotopic (exact) mass is 449 g/mol. The van der Waals surface area contributed by atoms with Crippen LogP contribution in [0.5, 0.6) is 5.75 Å². The third-order valence-corrected chi connectivity index (χ3v) is 6.65. The van der Waals surface area contributed by atoms with Crippen LogP contribution in [-0.2, 0) is 17.8 Å². The number of Topliss-reactive ketones (excluding diaryl/α,β-unsaturated/α-hetero) is 1. The second kappa shape index (κ2) is 10.1. The van der Waals surface area contributed by atoms with Gasteiger partial charge in [0, 0.05) is 54.8 Å². The molecule has 3 aromatic rings. The van der Waals surface area contributed by atoms with E-state index in [4.69, 9.17) is 9.72 Å². The van der Waals surface area contributed by atoms with E-state index in [0.717, 1.165) is 41.5 Å². The standard InChI is InChI=1S/C25H27N3O3S/c1-18(29)20-8-9-23(31-2)21(14-20)15-24(30)28-12-10-27(11-13-28)16-22-17-32-25(26-22)19-6-4-3-5-7-19/h3-9,14,17H,10-13,15-16H2,1-2H3. The molecule has 0 aliphatic carbocycles. The molecule has 0 spiro atoms. The fourth-order valence-electron chi connectivity index (χ4n) is 3.89. The molecule has 166 valence electrons. The van der Waals surface area contributed by atoms with E-state index in [1.54, 1.807) is 36.6 Å². The van der Waals surface area contributed by atoms with Crippen LogP contribution >= 0.6 is 11.3 Å². The summed E-state index contributed by atoms with van der Waals surface area (Å²) in [6, 6.07) is 15.5. The average Bonchev–Trinajstić information content (AvgIpc) is 3.28. The van der Waals surface area contributed by atoms with Crippen molar-refractivity contribution >= 4 is 23.0 Å². The van der Waals surface area contributed by atoms with Gasteiger partial charge in [-0.1, -0.05) is 30.3 Å². The molecule has 1 fully saturated rings. The predicted octanol–water partition coefficient (Wildman–Crippen LogP) is 3.91. The molecule has 0 radical (unpaired) electrons. The molecule has 4 rings (SSSR count). The Kier molecular flexibility index (Phi) is 6.97. The Hall–Kier alpha value is -3.03. The molecule has 1 saturated heterocycles. The lowest BCUT2D eigenvalue weighted by Gasteiger charge is -2.34. The number of thiazole rings is 1. The first-order valence-electron chi connectivity index (χ1n) is 10.7. The number of aromatic nitrogens is 1. The maximum atomic E-state index is 12.9. The number of carbonyl (C=O) groups excluding carboxylic acids is 2. The van der Waals surface area contributed by atoms with Gasteiger partial charge >= 0.3 is 0 Å². The summed E-state index contributed by atoms with van der Waals surface area (Å²) in [6.45, 7) is 5.31. The number of benzene rings is 2. The van der Waals surface area contributed by atoms with Gasteiger partial charge in [-0.25, -0.2) is 4.98 Å². The number of hydrogen-bond acceptors (Lipinski definition) is 6. The van der Waals surface area contributed by atoms with Crippen LogP contribution in [0.25, 0.3) is 10.6 Å². The fourth-order valence-corrected chi connectivity index (χ4v) is 4.70. The van der Waals surface area contributed by atoms with Crippen molar-refractivity contribution in [2.45, 2.75) is 19.9 Å². The van der Waals surface area contributed by atoms with Crippen molar-refractivity contribution in [1.29, 1.82) is 0 Å². The van der Waals surface area contributed by atoms with E-state index in [9.17, 15) is 9.59 Å². The molecular formula is C25H27N3O3S. The molecule has 7 heteroatoms. The molecule has 0 unspecified atom stereocenters. The second-order valence-electron chi connectivity index (χ2n) is 7.93. The summed E-state index contributed by atoms with van der Waals surface area (Å²) in [7, 11) is 1.58. The molecule has 1 aliphatic heterocycles. The SMILES string of the molecule is COc1ccc(C(C)=O)cc1CC(=O)N1CCN(Cc2csc(-c3ccccc3)n2)CC1. The average molecular weight is 450 g/mol. The summed E-state index contributed by atoms with van der Waals surface area (Å²) < 4.78 is 5.39. The van der Waals surface area contributed by atoms with Crippen molar-refractivity contribution < 1.29 is 14.3 Å². The van der Waals surface area contributed by atoms with E-state index in [1.807, 2.05) is 23.1 Å². The molecule has 0 bridgehead atoms. The van der Waals surface area contributed by atoms with Crippen molar-refractivity contribution in [2.24, 2.45) is 0 Å². The first-order valence-corrected chi connectivity index (χ1v) is 11.6. The van der Waals surface area contributed by atoms with Crippen molar-refractivity contribution in [3.05, 3.63) is 70.7 Å². The van der Waals surface area contributed by atoms with Gasteiger partial charge in [-0.3, -0.25) is 14.5 Å². The normalized spacial score (nSPS) is 14.4. The van der Waals surface area contributed by atoms with Gasteiger partial charge in [0.05, 0.1) is 19.2 Å². The van der Waals surface area contributed by atoms with Gasteiger partial charge in [0.1, 0.15) is 10.8 Å². The maximum absolute atomic E-state index is 12.9. The van der Waals surface area contributed by atoms with E-state index in [-0.39, 0.29) is 18.1 Å². The van der Waals surface area contributed by atoms with Crippen LogP contribution in [0, 0.1) is 0 Å². The number of rotatable bonds is 7. The Morgan fingerprint density at radius 2 is 1.81 bits per heavy atom. The summed E-state index contributed by atoms with van der Waals surface area (Å²) in [5.41, 5.74) is 3.56. The fraction of sp³-hybridized carbons (Fsp3) is 0.320. The van der Waals surface area contributed by atoms with Crippen molar-refractivity contribution in [3.63, 3.8) is 0 Å². The van der Waals surface area contributed by atoms with E-state index in [1.165, 1.54) is 6.92 Å². The highest BCUT2D eigenvalue weighted by Crippen LogP contribution is 2.25. The highest BCUT2D eigenvalue weighted by atomic mass is 32.1.